The van der Waals surface area contributed by atoms with Crippen LogP contribution in [-0.2, 0) is 4.79 Å². The number of rotatable bonds is 4. The fourth-order valence-corrected chi connectivity index (χ4v) is 3.10. The van der Waals surface area contributed by atoms with Gasteiger partial charge in [0.25, 0.3) is 0 Å². The molecule has 1 rings (SSSR count). The van der Waals surface area contributed by atoms with Crippen LogP contribution in [0.15, 0.2) is 0 Å². The summed E-state index contributed by atoms with van der Waals surface area (Å²) < 4.78 is 0. The minimum Gasteiger partial charge on any atom is -0.303 e. The van der Waals surface area contributed by atoms with Crippen molar-refractivity contribution in [2.45, 2.75) is 66.8 Å². The lowest BCUT2D eigenvalue weighted by Crippen LogP contribution is -2.42. The van der Waals surface area contributed by atoms with Gasteiger partial charge < -0.3 is 4.90 Å². The summed E-state index contributed by atoms with van der Waals surface area (Å²) in [6.45, 7) is 14.6. The van der Waals surface area contributed by atoms with E-state index in [0.29, 0.717) is 29.1 Å². The van der Waals surface area contributed by atoms with Crippen molar-refractivity contribution in [3.05, 3.63) is 0 Å². The van der Waals surface area contributed by atoms with Crippen LogP contribution < -0.4 is 0 Å². The van der Waals surface area contributed by atoms with Gasteiger partial charge in [0.15, 0.2) is 0 Å². The minimum atomic E-state index is 0.254. The molecule has 1 aliphatic rings. The highest BCUT2D eigenvalue weighted by Crippen LogP contribution is 2.39. The topological polar surface area (TPSA) is 20.3 Å². The highest BCUT2D eigenvalue weighted by atomic mass is 16.1. The highest BCUT2D eigenvalue weighted by Gasteiger charge is 2.35. The first-order valence-corrected chi connectivity index (χ1v) is 7.86. The summed E-state index contributed by atoms with van der Waals surface area (Å²) in [4.78, 5) is 14.5. The van der Waals surface area contributed by atoms with E-state index in [-0.39, 0.29) is 5.92 Å². The van der Waals surface area contributed by atoms with E-state index in [1.54, 1.807) is 0 Å². The quantitative estimate of drug-likeness (QED) is 0.767. The molecule has 0 bridgehead atoms. The zero-order chi connectivity index (χ0) is 14.8. The molecule has 0 aromatic heterocycles. The first kappa shape index (κ1) is 16.7. The van der Waals surface area contributed by atoms with Gasteiger partial charge in [0.1, 0.15) is 5.78 Å². The molecule has 0 heterocycles. The second-order valence-corrected chi connectivity index (χ2v) is 7.92. The number of hydrogen-bond donors (Lipinski definition) is 0. The maximum atomic E-state index is 12.2. The maximum absolute atomic E-state index is 12.2. The average molecular weight is 267 g/mol. The molecule has 0 saturated heterocycles. The van der Waals surface area contributed by atoms with E-state index in [2.05, 4.69) is 53.5 Å². The summed E-state index contributed by atoms with van der Waals surface area (Å²) in [7, 11) is 2.17. The van der Waals surface area contributed by atoms with Gasteiger partial charge in [-0.25, -0.2) is 0 Å². The van der Waals surface area contributed by atoms with Crippen molar-refractivity contribution < 1.29 is 4.79 Å². The molecule has 0 N–H and O–H groups in total. The van der Waals surface area contributed by atoms with E-state index < -0.39 is 0 Å². The predicted octanol–water partition coefficient (Wildman–Crippen LogP) is 3.99. The van der Waals surface area contributed by atoms with Crippen molar-refractivity contribution in [2.75, 3.05) is 13.6 Å². The number of Topliss-reactive ketones (excluding diaryl/α,β-unsaturated/α-hetero) is 1. The lowest BCUT2D eigenvalue weighted by atomic mass is 9.68. The van der Waals surface area contributed by atoms with Gasteiger partial charge in [-0.1, -0.05) is 34.6 Å². The van der Waals surface area contributed by atoms with Gasteiger partial charge >= 0.3 is 0 Å². The number of ketones is 1. The Labute approximate surface area is 119 Å². The van der Waals surface area contributed by atoms with Crippen molar-refractivity contribution in [1.29, 1.82) is 0 Å². The lowest BCUT2D eigenvalue weighted by molar-refractivity contribution is -0.127. The fraction of sp³-hybridized carbons (Fsp3) is 0.941. The highest BCUT2D eigenvalue weighted by molar-refractivity contribution is 5.82. The molecule has 1 fully saturated rings. The van der Waals surface area contributed by atoms with Gasteiger partial charge in [-0.3, -0.25) is 4.79 Å². The molecule has 0 aliphatic heterocycles. The monoisotopic (exact) mass is 267 g/mol. The normalized spacial score (nSPS) is 27.1. The zero-order valence-corrected chi connectivity index (χ0v) is 14.0. The molecule has 0 spiro atoms. The summed E-state index contributed by atoms with van der Waals surface area (Å²) in [5.74, 6) is 2.08. The first-order chi connectivity index (χ1) is 8.62. The Morgan fingerprint density at radius 1 is 1.26 bits per heavy atom. The number of carbonyl (C=O) groups excluding carboxylic acids is 1. The molecular weight excluding hydrogens is 234 g/mol. The van der Waals surface area contributed by atoms with E-state index in [9.17, 15) is 4.79 Å². The standard InChI is InChI=1S/C17H33NO/c1-12(2)13(3)18(7)11-14-10-15(17(4,5)6)8-9-16(14)19/h12-15H,8-11H2,1-7H3. The summed E-state index contributed by atoms with van der Waals surface area (Å²) in [6, 6.07) is 0.544. The van der Waals surface area contributed by atoms with Gasteiger partial charge in [0.05, 0.1) is 0 Å². The molecule has 2 nitrogen and oxygen atoms in total. The Morgan fingerprint density at radius 2 is 1.84 bits per heavy atom. The number of hydrogen-bond acceptors (Lipinski definition) is 2. The Bertz CT molecular complexity index is 303. The van der Waals surface area contributed by atoms with Crippen LogP contribution in [0.4, 0.5) is 0 Å². The molecule has 0 amide bonds. The largest absolute Gasteiger partial charge is 0.303 e. The third-order valence-corrected chi connectivity index (χ3v) is 5.16. The minimum absolute atomic E-state index is 0.254. The summed E-state index contributed by atoms with van der Waals surface area (Å²) in [6.07, 6.45) is 2.95. The molecule has 0 radical (unpaired) electrons. The first-order valence-electron chi connectivity index (χ1n) is 7.86. The van der Waals surface area contributed by atoms with Crippen molar-refractivity contribution in [2.24, 2.45) is 23.2 Å². The molecule has 1 saturated carbocycles. The van der Waals surface area contributed by atoms with Crippen LogP contribution in [-0.4, -0.2) is 30.3 Å². The zero-order valence-electron chi connectivity index (χ0n) is 14.0. The molecular formula is C17H33NO. The third-order valence-electron chi connectivity index (χ3n) is 5.16. The average Bonchev–Trinajstić information content (AvgIpc) is 2.29. The molecule has 0 aromatic rings. The van der Waals surface area contributed by atoms with E-state index in [1.807, 2.05) is 0 Å². The molecule has 19 heavy (non-hydrogen) atoms. The Balaban J connectivity index is 2.63. The number of carbonyl (C=O) groups is 1. The second kappa shape index (κ2) is 6.39. The Kier molecular flexibility index (Phi) is 5.61. The summed E-state index contributed by atoms with van der Waals surface area (Å²) in [5.41, 5.74) is 0.335. The van der Waals surface area contributed by atoms with Crippen LogP contribution in [0.5, 0.6) is 0 Å². The summed E-state index contributed by atoms with van der Waals surface area (Å²) >= 11 is 0. The molecule has 112 valence electrons. The van der Waals surface area contributed by atoms with Crippen molar-refractivity contribution in [3.8, 4) is 0 Å². The molecule has 3 atom stereocenters. The van der Waals surface area contributed by atoms with Crippen LogP contribution in [0.2, 0.25) is 0 Å². The van der Waals surface area contributed by atoms with Crippen molar-refractivity contribution in [3.63, 3.8) is 0 Å². The van der Waals surface area contributed by atoms with Crippen LogP contribution in [0.3, 0.4) is 0 Å². The van der Waals surface area contributed by atoms with Crippen molar-refractivity contribution >= 4 is 5.78 Å². The van der Waals surface area contributed by atoms with Crippen LogP contribution in [0.25, 0.3) is 0 Å². The molecule has 0 aromatic carbocycles. The molecule has 3 unspecified atom stereocenters. The number of nitrogens with zero attached hydrogens (tertiary/aromatic N) is 1. The van der Waals surface area contributed by atoms with Crippen LogP contribution in [0, 0.1) is 23.2 Å². The van der Waals surface area contributed by atoms with Crippen LogP contribution in [0.1, 0.15) is 60.8 Å². The van der Waals surface area contributed by atoms with Gasteiger partial charge in [-0.2, -0.15) is 0 Å². The summed E-state index contributed by atoms with van der Waals surface area (Å²) in [5, 5.41) is 0. The molecule has 2 heteroatoms. The third kappa shape index (κ3) is 4.59. The Morgan fingerprint density at radius 3 is 2.32 bits per heavy atom. The SMILES string of the molecule is CC(C)C(C)N(C)CC1CC(C(C)(C)C)CCC1=O. The molecule has 1 aliphatic carbocycles. The fourth-order valence-electron chi connectivity index (χ4n) is 3.10. The maximum Gasteiger partial charge on any atom is 0.137 e. The van der Waals surface area contributed by atoms with E-state index in [1.165, 1.54) is 0 Å². The second-order valence-electron chi connectivity index (χ2n) is 7.92. The van der Waals surface area contributed by atoms with E-state index >= 15 is 0 Å². The van der Waals surface area contributed by atoms with Crippen molar-refractivity contribution in [1.82, 2.24) is 4.90 Å². The lowest BCUT2D eigenvalue weighted by Gasteiger charge is -2.39. The van der Waals surface area contributed by atoms with Gasteiger partial charge in [-0.05, 0) is 44.1 Å². The van der Waals surface area contributed by atoms with E-state index in [0.717, 1.165) is 25.8 Å². The predicted molar refractivity (Wildman–Crippen MR) is 82.2 cm³/mol. The van der Waals surface area contributed by atoms with Crippen LogP contribution >= 0.6 is 0 Å². The Hall–Kier alpha value is -0.370. The van der Waals surface area contributed by atoms with Gasteiger partial charge in [0.2, 0.25) is 0 Å². The smallest absolute Gasteiger partial charge is 0.137 e. The van der Waals surface area contributed by atoms with E-state index in [4.69, 9.17) is 0 Å². The van der Waals surface area contributed by atoms with Gasteiger partial charge in [0, 0.05) is 24.9 Å². The van der Waals surface area contributed by atoms with Gasteiger partial charge in [-0.15, -0.1) is 0 Å².